The number of nitrogens with zero attached hydrogens (tertiary/aromatic N) is 3. The third-order valence-corrected chi connectivity index (χ3v) is 3.14. The van der Waals surface area contributed by atoms with Crippen LogP contribution in [-0.2, 0) is 6.42 Å². The summed E-state index contributed by atoms with van der Waals surface area (Å²) < 4.78 is 0. The molecular weight excluding hydrogens is 188 g/mol. The van der Waals surface area contributed by atoms with Crippen molar-refractivity contribution in [2.75, 3.05) is 13.1 Å². The molecule has 1 aromatic heterocycles. The lowest BCUT2D eigenvalue weighted by molar-refractivity contribution is 0.277. The molecular formula is C11H14N4. The third kappa shape index (κ3) is 1.33. The zero-order valence-corrected chi connectivity index (χ0v) is 8.82. The molecule has 0 saturated heterocycles. The molecule has 0 radical (unpaired) electrons. The molecule has 1 N–H and O–H groups in total. The average Bonchev–Trinajstić information content (AvgIpc) is 2.57. The first kappa shape index (κ1) is 8.85. The maximum atomic E-state index is 4.21. The fourth-order valence-corrected chi connectivity index (χ4v) is 2.33. The standard InChI is InChI=1S/C11H14N4/c1-2-15-7-8-3-4-10-11(8)9(6-13-15)5-12-14-10/h5-6,13H,2-4,7H2,1H3. The van der Waals surface area contributed by atoms with Crippen LogP contribution in [0.15, 0.2) is 6.20 Å². The molecule has 78 valence electrons. The van der Waals surface area contributed by atoms with Gasteiger partial charge in [-0.25, -0.2) is 5.01 Å². The molecule has 3 rings (SSSR count). The largest absolute Gasteiger partial charge is 0.325 e. The summed E-state index contributed by atoms with van der Waals surface area (Å²) in [6.45, 7) is 4.16. The normalized spacial score (nSPS) is 19.1. The molecule has 1 aliphatic carbocycles. The van der Waals surface area contributed by atoms with Crippen molar-refractivity contribution < 1.29 is 0 Å². The lowest BCUT2D eigenvalue weighted by atomic mass is 10.2. The first-order chi connectivity index (χ1) is 7.38. The molecule has 0 amide bonds. The van der Waals surface area contributed by atoms with Crippen LogP contribution in [0.4, 0.5) is 0 Å². The van der Waals surface area contributed by atoms with Crippen molar-refractivity contribution in [2.45, 2.75) is 19.8 Å². The Balaban J connectivity index is 2.25. The van der Waals surface area contributed by atoms with Crippen molar-refractivity contribution in [2.24, 2.45) is 0 Å². The van der Waals surface area contributed by atoms with Crippen molar-refractivity contribution in [3.05, 3.63) is 22.3 Å². The zero-order chi connectivity index (χ0) is 10.3. The summed E-state index contributed by atoms with van der Waals surface area (Å²) in [7, 11) is 0. The van der Waals surface area contributed by atoms with Crippen molar-refractivity contribution in [3.8, 4) is 0 Å². The van der Waals surface area contributed by atoms with Gasteiger partial charge in [-0.3, -0.25) is 0 Å². The van der Waals surface area contributed by atoms with E-state index in [9.17, 15) is 0 Å². The highest BCUT2D eigenvalue weighted by Crippen LogP contribution is 2.12. The highest BCUT2D eigenvalue weighted by molar-refractivity contribution is 5.53. The Kier molecular flexibility index (Phi) is 1.95. The van der Waals surface area contributed by atoms with Crippen LogP contribution in [0.2, 0.25) is 0 Å². The van der Waals surface area contributed by atoms with Gasteiger partial charge in [0.15, 0.2) is 0 Å². The summed E-state index contributed by atoms with van der Waals surface area (Å²) in [5, 5.41) is 13.0. The number of nitrogens with one attached hydrogen (secondary N) is 1. The van der Waals surface area contributed by atoms with Crippen LogP contribution < -0.4 is 15.9 Å². The van der Waals surface area contributed by atoms with Gasteiger partial charge < -0.3 is 5.43 Å². The van der Waals surface area contributed by atoms with E-state index in [1.807, 2.05) is 12.4 Å². The van der Waals surface area contributed by atoms with Gasteiger partial charge in [0, 0.05) is 29.7 Å². The van der Waals surface area contributed by atoms with E-state index in [2.05, 4.69) is 27.6 Å². The third-order valence-electron chi connectivity index (χ3n) is 3.14. The van der Waals surface area contributed by atoms with Crippen LogP contribution in [0.5, 0.6) is 0 Å². The lowest BCUT2D eigenvalue weighted by Crippen LogP contribution is -2.34. The fourth-order valence-electron chi connectivity index (χ4n) is 2.33. The van der Waals surface area contributed by atoms with Gasteiger partial charge in [0.2, 0.25) is 0 Å². The van der Waals surface area contributed by atoms with Crippen LogP contribution >= 0.6 is 0 Å². The molecule has 15 heavy (non-hydrogen) atoms. The van der Waals surface area contributed by atoms with Crippen LogP contribution in [0.1, 0.15) is 19.0 Å². The van der Waals surface area contributed by atoms with Gasteiger partial charge in [0.1, 0.15) is 0 Å². The number of rotatable bonds is 1. The summed E-state index contributed by atoms with van der Waals surface area (Å²) >= 11 is 0. The first-order valence-electron chi connectivity index (χ1n) is 5.42. The van der Waals surface area contributed by atoms with Gasteiger partial charge in [-0.05, 0) is 18.4 Å². The smallest absolute Gasteiger partial charge is 0.0713 e. The highest BCUT2D eigenvalue weighted by Gasteiger charge is 2.18. The lowest BCUT2D eigenvalue weighted by Gasteiger charge is -2.19. The molecule has 1 aromatic rings. The molecule has 0 saturated carbocycles. The van der Waals surface area contributed by atoms with Crippen molar-refractivity contribution in [3.63, 3.8) is 0 Å². The second kappa shape index (κ2) is 3.31. The minimum Gasteiger partial charge on any atom is -0.325 e. The average molecular weight is 202 g/mol. The Morgan fingerprint density at radius 3 is 3.27 bits per heavy atom. The molecule has 0 unspecified atom stereocenters. The van der Waals surface area contributed by atoms with E-state index < -0.39 is 0 Å². The summed E-state index contributed by atoms with van der Waals surface area (Å²) in [5.41, 5.74) is 5.96. The van der Waals surface area contributed by atoms with Gasteiger partial charge >= 0.3 is 0 Å². The van der Waals surface area contributed by atoms with Crippen molar-refractivity contribution >= 4 is 11.8 Å². The number of aryl methyl sites for hydroxylation is 1. The van der Waals surface area contributed by atoms with Crippen LogP contribution in [0.25, 0.3) is 11.8 Å². The first-order valence-corrected chi connectivity index (χ1v) is 5.42. The predicted octanol–water partition coefficient (Wildman–Crippen LogP) is -0.848. The maximum absolute atomic E-state index is 4.21. The number of hydrazine groups is 1. The van der Waals surface area contributed by atoms with Crippen molar-refractivity contribution in [1.82, 2.24) is 20.6 Å². The Morgan fingerprint density at radius 2 is 2.40 bits per heavy atom. The highest BCUT2D eigenvalue weighted by atomic mass is 15.5. The minimum atomic E-state index is 0.999. The van der Waals surface area contributed by atoms with E-state index in [-0.39, 0.29) is 0 Å². The van der Waals surface area contributed by atoms with Gasteiger partial charge in [-0.15, -0.1) is 0 Å². The van der Waals surface area contributed by atoms with Gasteiger partial charge in [0.05, 0.1) is 11.9 Å². The number of hydrogen-bond donors (Lipinski definition) is 1. The molecule has 4 nitrogen and oxygen atoms in total. The summed E-state index contributed by atoms with van der Waals surface area (Å²) in [6, 6.07) is 0. The molecule has 1 aliphatic heterocycles. The van der Waals surface area contributed by atoms with E-state index in [1.165, 1.54) is 21.7 Å². The predicted molar refractivity (Wildman–Crippen MR) is 57.9 cm³/mol. The SMILES string of the molecule is CCN1CC2=c3c(nncc3=CN1)CC2. The van der Waals surface area contributed by atoms with Crippen LogP contribution in [0, 0.1) is 0 Å². The molecule has 0 spiro atoms. The molecule has 0 fully saturated rings. The number of hydrogen-bond acceptors (Lipinski definition) is 4. The van der Waals surface area contributed by atoms with Gasteiger partial charge in [-0.1, -0.05) is 6.92 Å². The molecule has 2 heterocycles. The Bertz CT molecular complexity index is 506. The number of aromatic nitrogens is 2. The molecule has 2 aliphatic rings. The topological polar surface area (TPSA) is 41.1 Å². The summed E-state index contributed by atoms with van der Waals surface area (Å²) in [5.74, 6) is 0. The van der Waals surface area contributed by atoms with Crippen molar-refractivity contribution in [1.29, 1.82) is 0 Å². The second-order valence-corrected chi connectivity index (χ2v) is 4.01. The second-order valence-electron chi connectivity index (χ2n) is 4.01. The molecule has 4 heteroatoms. The molecule has 0 aromatic carbocycles. The van der Waals surface area contributed by atoms with E-state index in [1.54, 1.807) is 0 Å². The van der Waals surface area contributed by atoms with E-state index in [0.717, 1.165) is 25.9 Å². The molecule has 0 atom stereocenters. The van der Waals surface area contributed by atoms with Gasteiger partial charge in [0.25, 0.3) is 0 Å². The molecule has 0 bridgehead atoms. The Hall–Kier alpha value is -1.42. The maximum Gasteiger partial charge on any atom is 0.0713 e. The summed E-state index contributed by atoms with van der Waals surface area (Å²) in [4.78, 5) is 0. The Morgan fingerprint density at radius 1 is 1.47 bits per heavy atom. The van der Waals surface area contributed by atoms with E-state index in [0.29, 0.717) is 0 Å². The Labute approximate surface area is 88.3 Å². The van der Waals surface area contributed by atoms with E-state index in [4.69, 9.17) is 0 Å². The van der Waals surface area contributed by atoms with E-state index >= 15 is 0 Å². The zero-order valence-electron chi connectivity index (χ0n) is 8.82. The monoisotopic (exact) mass is 202 g/mol. The van der Waals surface area contributed by atoms with Crippen LogP contribution in [0.3, 0.4) is 0 Å². The van der Waals surface area contributed by atoms with Crippen LogP contribution in [-0.4, -0.2) is 28.3 Å². The summed E-state index contributed by atoms with van der Waals surface area (Å²) in [6.07, 6.45) is 6.07. The minimum absolute atomic E-state index is 0.999. The quantitative estimate of drug-likeness (QED) is 0.644. The fraction of sp³-hybridized carbons (Fsp3) is 0.455. The van der Waals surface area contributed by atoms with Gasteiger partial charge in [-0.2, -0.15) is 10.2 Å².